The van der Waals surface area contributed by atoms with Gasteiger partial charge < -0.3 is 5.11 Å². The highest BCUT2D eigenvalue weighted by Gasteiger charge is 2.34. The average molecular weight is 239 g/mol. The summed E-state index contributed by atoms with van der Waals surface area (Å²) in [5.74, 6) is 0.861. The second kappa shape index (κ2) is 5.27. The number of rotatable bonds is 1. The minimum atomic E-state index is -0.0602. The van der Waals surface area contributed by atoms with Crippen molar-refractivity contribution in [2.45, 2.75) is 71.4 Å². The molecule has 1 aliphatic carbocycles. The molecule has 2 atom stereocenters. The first-order chi connectivity index (χ1) is 7.98. The lowest BCUT2D eigenvalue weighted by Gasteiger charge is -2.44. The molecular weight excluding hydrogens is 210 g/mol. The van der Waals surface area contributed by atoms with E-state index in [-0.39, 0.29) is 6.10 Å². The summed E-state index contributed by atoms with van der Waals surface area (Å²) < 4.78 is 0. The number of nitrogens with zero attached hydrogens (tertiary/aromatic N) is 1. The topological polar surface area (TPSA) is 23.5 Å². The molecule has 2 fully saturated rings. The Balaban J connectivity index is 1.86. The molecule has 2 heteroatoms. The van der Waals surface area contributed by atoms with Gasteiger partial charge >= 0.3 is 0 Å². The van der Waals surface area contributed by atoms with Crippen LogP contribution >= 0.6 is 0 Å². The molecule has 0 aromatic heterocycles. The van der Waals surface area contributed by atoms with Gasteiger partial charge in [-0.1, -0.05) is 33.6 Å². The van der Waals surface area contributed by atoms with Crippen LogP contribution in [0.4, 0.5) is 0 Å². The zero-order valence-electron chi connectivity index (χ0n) is 11.8. The van der Waals surface area contributed by atoms with Gasteiger partial charge in [0.25, 0.3) is 0 Å². The maximum atomic E-state index is 10.1. The zero-order valence-corrected chi connectivity index (χ0v) is 11.8. The van der Waals surface area contributed by atoms with Crippen molar-refractivity contribution in [2.24, 2.45) is 11.3 Å². The summed E-state index contributed by atoms with van der Waals surface area (Å²) in [5, 5.41) is 10.1. The number of hydrogen-bond acceptors (Lipinski definition) is 2. The van der Waals surface area contributed by atoms with Crippen molar-refractivity contribution in [3.05, 3.63) is 0 Å². The fourth-order valence-electron chi connectivity index (χ4n) is 3.61. The zero-order chi connectivity index (χ0) is 12.5. The summed E-state index contributed by atoms with van der Waals surface area (Å²) in [4.78, 5) is 2.56. The molecule has 1 N–H and O–H groups in total. The highest BCUT2D eigenvalue weighted by atomic mass is 16.3. The molecule has 0 amide bonds. The number of hydrogen-bond donors (Lipinski definition) is 1. The van der Waals surface area contributed by atoms with Crippen LogP contribution in [0.2, 0.25) is 0 Å². The maximum Gasteiger partial charge on any atom is 0.0695 e. The molecule has 2 nitrogen and oxygen atoms in total. The Hall–Kier alpha value is -0.0800. The van der Waals surface area contributed by atoms with Gasteiger partial charge in [-0.2, -0.15) is 0 Å². The third-order valence-electron chi connectivity index (χ3n) is 4.92. The van der Waals surface area contributed by atoms with Crippen molar-refractivity contribution in [1.82, 2.24) is 4.90 Å². The standard InChI is InChI=1S/C15H29NO/c1-15(2,3)12-8-10-16(11-9-12)13-6-4-5-7-14(13)17/h12-14,17H,4-11H2,1-3H3. The van der Waals surface area contributed by atoms with E-state index >= 15 is 0 Å². The molecule has 0 spiro atoms. The van der Waals surface area contributed by atoms with Crippen LogP contribution in [0.1, 0.15) is 59.3 Å². The Kier molecular flexibility index (Phi) is 4.14. The molecule has 17 heavy (non-hydrogen) atoms. The second-order valence-corrected chi connectivity index (χ2v) is 7.10. The number of likely N-dealkylation sites (tertiary alicyclic amines) is 1. The van der Waals surface area contributed by atoms with Gasteiger partial charge in [0.1, 0.15) is 0 Å². The summed E-state index contributed by atoms with van der Waals surface area (Å²) in [6.07, 6.45) is 7.32. The van der Waals surface area contributed by atoms with Crippen molar-refractivity contribution in [2.75, 3.05) is 13.1 Å². The van der Waals surface area contributed by atoms with Gasteiger partial charge in [0, 0.05) is 6.04 Å². The molecule has 0 bridgehead atoms. The van der Waals surface area contributed by atoms with E-state index in [1.54, 1.807) is 0 Å². The molecular formula is C15H29NO. The van der Waals surface area contributed by atoms with Gasteiger partial charge in [0.15, 0.2) is 0 Å². The monoisotopic (exact) mass is 239 g/mol. The molecule has 2 aliphatic rings. The van der Waals surface area contributed by atoms with Crippen molar-refractivity contribution in [1.29, 1.82) is 0 Å². The SMILES string of the molecule is CC(C)(C)C1CCN(C2CCCCC2O)CC1. The summed E-state index contributed by atoms with van der Waals surface area (Å²) in [5.41, 5.74) is 0.456. The highest BCUT2D eigenvalue weighted by molar-refractivity contribution is 4.88. The van der Waals surface area contributed by atoms with Crippen LogP contribution in [0.15, 0.2) is 0 Å². The Labute approximate surface area is 106 Å². The van der Waals surface area contributed by atoms with E-state index in [4.69, 9.17) is 0 Å². The lowest BCUT2D eigenvalue weighted by Crippen LogP contribution is -2.49. The van der Waals surface area contributed by atoms with Crippen molar-refractivity contribution >= 4 is 0 Å². The maximum absolute atomic E-state index is 10.1. The Bertz CT molecular complexity index is 238. The Morgan fingerprint density at radius 2 is 1.53 bits per heavy atom. The van der Waals surface area contributed by atoms with Gasteiger partial charge in [-0.25, -0.2) is 0 Å². The Morgan fingerprint density at radius 3 is 2.06 bits per heavy atom. The first-order valence-corrected chi connectivity index (χ1v) is 7.40. The van der Waals surface area contributed by atoms with E-state index in [1.165, 1.54) is 45.2 Å². The quantitative estimate of drug-likeness (QED) is 0.760. The van der Waals surface area contributed by atoms with Gasteiger partial charge in [-0.3, -0.25) is 4.90 Å². The predicted octanol–water partition coefficient (Wildman–Crippen LogP) is 3.05. The van der Waals surface area contributed by atoms with Crippen LogP contribution in [0.25, 0.3) is 0 Å². The molecule has 100 valence electrons. The van der Waals surface area contributed by atoms with Crippen LogP contribution < -0.4 is 0 Å². The number of aliphatic hydroxyl groups excluding tert-OH is 1. The predicted molar refractivity (Wildman–Crippen MR) is 72.0 cm³/mol. The first kappa shape index (κ1) is 13.4. The smallest absolute Gasteiger partial charge is 0.0695 e. The van der Waals surface area contributed by atoms with Crippen LogP contribution in [-0.4, -0.2) is 35.2 Å². The van der Waals surface area contributed by atoms with Crippen LogP contribution in [0.3, 0.4) is 0 Å². The van der Waals surface area contributed by atoms with Crippen molar-refractivity contribution in [3.8, 4) is 0 Å². The Morgan fingerprint density at radius 1 is 0.941 bits per heavy atom. The van der Waals surface area contributed by atoms with Crippen LogP contribution in [-0.2, 0) is 0 Å². The largest absolute Gasteiger partial charge is 0.391 e. The molecule has 1 saturated carbocycles. The van der Waals surface area contributed by atoms with E-state index in [0.717, 1.165) is 12.3 Å². The third-order valence-corrected chi connectivity index (χ3v) is 4.92. The molecule has 1 heterocycles. The average Bonchev–Trinajstić information content (AvgIpc) is 2.29. The van der Waals surface area contributed by atoms with Crippen LogP contribution in [0.5, 0.6) is 0 Å². The normalized spacial score (nSPS) is 33.9. The molecule has 0 aromatic rings. The molecule has 1 saturated heterocycles. The van der Waals surface area contributed by atoms with Gasteiger partial charge in [0.2, 0.25) is 0 Å². The van der Waals surface area contributed by atoms with Crippen LogP contribution in [0, 0.1) is 11.3 Å². The number of piperidine rings is 1. The molecule has 0 aromatic carbocycles. The van der Waals surface area contributed by atoms with Crippen molar-refractivity contribution in [3.63, 3.8) is 0 Å². The molecule has 2 unspecified atom stereocenters. The summed E-state index contributed by atoms with van der Waals surface area (Å²) in [6.45, 7) is 9.49. The van der Waals surface area contributed by atoms with Gasteiger partial charge in [0.05, 0.1) is 6.10 Å². The third kappa shape index (κ3) is 3.23. The molecule has 1 aliphatic heterocycles. The first-order valence-electron chi connectivity index (χ1n) is 7.40. The van der Waals surface area contributed by atoms with E-state index < -0.39 is 0 Å². The number of aliphatic hydroxyl groups is 1. The minimum Gasteiger partial charge on any atom is -0.391 e. The molecule has 2 rings (SSSR count). The van der Waals surface area contributed by atoms with E-state index in [9.17, 15) is 5.11 Å². The van der Waals surface area contributed by atoms with E-state index in [0.29, 0.717) is 11.5 Å². The van der Waals surface area contributed by atoms with Gasteiger partial charge in [-0.05, 0) is 50.1 Å². The summed E-state index contributed by atoms with van der Waals surface area (Å²) in [6, 6.07) is 0.463. The lowest BCUT2D eigenvalue weighted by molar-refractivity contribution is -0.00625. The summed E-state index contributed by atoms with van der Waals surface area (Å²) >= 11 is 0. The van der Waals surface area contributed by atoms with E-state index in [1.807, 2.05) is 0 Å². The summed E-state index contributed by atoms with van der Waals surface area (Å²) in [7, 11) is 0. The fraction of sp³-hybridized carbons (Fsp3) is 1.00. The minimum absolute atomic E-state index is 0.0602. The van der Waals surface area contributed by atoms with E-state index in [2.05, 4.69) is 25.7 Å². The van der Waals surface area contributed by atoms with Crippen molar-refractivity contribution < 1.29 is 5.11 Å². The lowest BCUT2D eigenvalue weighted by atomic mass is 9.75. The second-order valence-electron chi connectivity index (χ2n) is 7.10. The fourth-order valence-corrected chi connectivity index (χ4v) is 3.61. The highest BCUT2D eigenvalue weighted by Crippen LogP contribution is 2.36. The van der Waals surface area contributed by atoms with Gasteiger partial charge in [-0.15, -0.1) is 0 Å². The molecule has 0 radical (unpaired) electrons.